The normalized spacial score (nSPS) is 14.0. The summed E-state index contributed by atoms with van der Waals surface area (Å²) in [7, 11) is 0. The number of anilines is 2. The number of aryl methyl sites for hydroxylation is 1. The molecule has 15 heteroatoms. The molecule has 2 aromatic carbocycles. The number of rotatable bonds is 21. The highest BCUT2D eigenvalue weighted by Crippen LogP contribution is 2.16. The highest BCUT2D eigenvalue weighted by atomic mass is 16.5. The third kappa shape index (κ3) is 14.1. The highest BCUT2D eigenvalue weighted by molar-refractivity contribution is 6.00. The molecule has 1 fully saturated rings. The van der Waals surface area contributed by atoms with Gasteiger partial charge in [0.15, 0.2) is 0 Å². The molecule has 6 amide bonds. The van der Waals surface area contributed by atoms with Gasteiger partial charge in [0.2, 0.25) is 35.4 Å². The average Bonchev–Trinajstić information content (AvgIpc) is 3.13. The number of nitrogens with zero attached hydrogens (tertiary/aromatic N) is 1. The predicted molar refractivity (Wildman–Crippen MR) is 197 cm³/mol. The van der Waals surface area contributed by atoms with Crippen LogP contribution in [0.2, 0.25) is 0 Å². The van der Waals surface area contributed by atoms with Crippen LogP contribution < -0.4 is 27.0 Å². The lowest BCUT2D eigenvalue weighted by Crippen LogP contribution is -2.55. The summed E-state index contributed by atoms with van der Waals surface area (Å²) >= 11 is 0. The summed E-state index contributed by atoms with van der Waals surface area (Å²) in [6.45, 7) is 7.17. The van der Waals surface area contributed by atoms with E-state index in [0.717, 1.165) is 11.1 Å². The minimum Gasteiger partial charge on any atom is -0.461 e. The van der Waals surface area contributed by atoms with Gasteiger partial charge in [-0.05, 0) is 73.5 Å². The number of nitrogens with one attached hydrogen (secondary N) is 4. The Morgan fingerprint density at radius 2 is 1.45 bits per heavy atom. The van der Waals surface area contributed by atoms with Crippen LogP contribution in [-0.2, 0) is 56.1 Å². The van der Waals surface area contributed by atoms with E-state index in [0.29, 0.717) is 50.1 Å². The molecule has 1 heterocycles. The van der Waals surface area contributed by atoms with Crippen molar-refractivity contribution in [2.24, 2.45) is 17.6 Å². The summed E-state index contributed by atoms with van der Waals surface area (Å²) in [5.74, 6) is -3.31. The maximum Gasteiger partial charge on any atom is 0.308 e. The Morgan fingerprint density at radius 3 is 2.02 bits per heavy atom. The number of esters is 1. The van der Waals surface area contributed by atoms with Crippen LogP contribution in [0.3, 0.4) is 0 Å². The summed E-state index contributed by atoms with van der Waals surface area (Å²) in [4.78, 5) is 88.3. The summed E-state index contributed by atoms with van der Waals surface area (Å²) in [5.41, 5.74) is 8.29. The number of amides is 6. The fourth-order valence-electron chi connectivity index (χ4n) is 5.13. The van der Waals surface area contributed by atoms with Crippen molar-refractivity contribution in [3.05, 3.63) is 59.7 Å². The van der Waals surface area contributed by atoms with E-state index in [4.69, 9.17) is 15.2 Å². The lowest BCUT2D eigenvalue weighted by molar-refractivity contribution is -0.152. The summed E-state index contributed by atoms with van der Waals surface area (Å²) in [5, 5.41) is 10.8. The molecular weight excluding hydrogens is 684 g/mol. The van der Waals surface area contributed by atoms with E-state index in [2.05, 4.69) is 21.3 Å². The van der Waals surface area contributed by atoms with E-state index in [9.17, 15) is 33.6 Å². The van der Waals surface area contributed by atoms with Crippen molar-refractivity contribution in [1.29, 1.82) is 0 Å². The average molecular weight is 737 g/mol. The van der Waals surface area contributed by atoms with Crippen LogP contribution in [0.5, 0.6) is 0 Å². The van der Waals surface area contributed by atoms with Crippen LogP contribution in [0.15, 0.2) is 48.5 Å². The Balaban J connectivity index is 1.44. The van der Waals surface area contributed by atoms with E-state index < -0.39 is 48.9 Å². The van der Waals surface area contributed by atoms with Gasteiger partial charge in [0, 0.05) is 30.8 Å². The van der Waals surface area contributed by atoms with Gasteiger partial charge in [-0.25, -0.2) is 0 Å². The zero-order valence-corrected chi connectivity index (χ0v) is 30.9. The highest BCUT2D eigenvalue weighted by Gasteiger charge is 2.30. The van der Waals surface area contributed by atoms with Crippen LogP contribution in [0, 0.1) is 11.8 Å². The topological polar surface area (TPSA) is 215 Å². The number of imide groups is 1. The first-order valence-electron chi connectivity index (χ1n) is 18.0. The number of hydrogen-bond acceptors (Lipinski definition) is 10. The second kappa shape index (κ2) is 21.4. The third-order valence-electron chi connectivity index (χ3n) is 8.70. The number of likely N-dealkylation sites (tertiary alicyclic amines) is 1. The number of hydrogen-bond donors (Lipinski definition) is 5. The van der Waals surface area contributed by atoms with Gasteiger partial charge in [0.25, 0.3) is 0 Å². The van der Waals surface area contributed by atoms with E-state index >= 15 is 0 Å². The predicted octanol–water partition coefficient (Wildman–Crippen LogP) is 2.43. The smallest absolute Gasteiger partial charge is 0.308 e. The Bertz CT molecular complexity index is 1580. The molecule has 1 aliphatic rings. The minimum atomic E-state index is -0.995. The van der Waals surface area contributed by atoms with Gasteiger partial charge in [0.05, 0.1) is 5.92 Å². The van der Waals surface area contributed by atoms with Crippen molar-refractivity contribution in [2.45, 2.75) is 84.9 Å². The molecule has 0 saturated carbocycles. The lowest BCUT2D eigenvalue weighted by Gasteiger charge is -2.28. The number of ether oxygens (including phenoxy) is 2. The molecule has 3 rings (SSSR count). The van der Waals surface area contributed by atoms with Crippen molar-refractivity contribution >= 4 is 52.8 Å². The molecule has 0 bridgehead atoms. The first kappa shape index (κ1) is 42.3. The monoisotopic (exact) mass is 736 g/mol. The van der Waals surface area contributed by atoms with Crippen LogP contribution in [0.1, 0.15) is 70.9 Å². The van der Waals surface area contributed by atoms with Crippen LogP contribution in [0.4, 0.5) is 11.4 Å². The molecular formula is C38H52N6O9. The van der Waals surface area contributed by atoms with E-state index in [-0.39, 0.29) is 49.1 Å². The van der Waals surface area contributed by atoms with E-state index in [1.807, 2.05) is 6.92 Å². The molecule has 53 heavy (non-hydrogen) atoms. The first-order chi connectivity index (χ1) is 25.3. The Morgan fingerprint density at radius 1 is 0.830 bits per heavy atom. The zero-order chi connectivity index (χ0) is 38.9. The molecule has 0 aliphatic carbocycles. The summed E-state index contributed by atoms with van der Waals surface area (Å²) in [6.07, 6.45) is 2.48. The van der Waals surface area contributed by atoms with Crippen molar-refractivity contribution in [3.8, 4) is 0 Å². The van der Waals surface area contributed by atoms with Crippen molar-refractivity contribution in [2.75, 3.05) is 36.9 Å². The number of carbonyl (C=O) groups excluding carboxylic acids is 7. The largest absolute Gasteiger partial charge is 0.461 e. The lowest BCUT2D eigenvalue weighted by atomic mass is 10.0. The Labute approximate surface area is 310 Å². The van der Waals surface area contributed by atoms with Crippen LogP contribution >= 0.6 is 0 Å². The van der Waals surface area contributed by atoms with Gasteiger partial charge < -0.3 is 36.5 Å². The van der Waals surface area contributed by atoms with Crippen LogP contribution in [0.25, 0.3) is 0 Å². The molecule has 6 N–H and O–H groups in total. The maximum absolute atomic E-state index is 13.3. The molecule has 15 nitrogen and oxygen atoms in total. The zero-order valence-electron chi connectivity index (χ0n) is 30.9. The fraction of sp³-hybridized carbons (Fsp3) is 0.500. The van der Waals surface area contributed by atoms with Gasteiger partial charge >= 0.3 is 5.97 Å². The quantitative estimate of drug-likeness (QED) is 0.0932. The maximum atomic E-state index is 13.3. The third-order valence-corrected chi connectivity index (χ3v) is 8.70. The van der Waals surface area contributed by atoms with Gasteiger partial charge in [-0.1, -0.05) is 52.0 Å². The molecule has 0 spiro atoms. The Hall–Kier alpha value is -5.15. The first-order valence-corrected chi connectivity index (χ1v) is 18.0. The summed E-state index contributed by atoms with van der Waals surface area (Å²) < 4.78 is 10.6. The number of nitrogens with two attached hydrogens (primary N) is 1. The van der Waals surface area contributed by atoms with E-state index in [1.165, 1.54) is 4.90 Å². The van der Waals surface area contributed by atoms with Crippen molar-refractivity contribution in [3.63, 3.8) is 0 Å². The molecule has 288 valence electrons. The fourth-order valence-corrected chi connectivity index (χ4v) is 5.13. The number of β-lactam (4-membered cyclic amide) rings is 1. The van der Waals surface area contributed by atoms with Gasteiger partial charge in [-0.2, -0.15) is 0 Å². The second-order valence-electron chi connectivity index (χ2n) is 13.3. The SMILES string of the molecule is CCC(C)C(=O)OCc1ccc(NC(=O)C(CCCN)NC(=O)C(NC(=O)COCC(=O)Nc2ccc(CCC(=O)N3CCC3=O)cc2)C(C)C)cc1. The van der Waals surface area contributed by atoms with Crippen molar-refractivity contribution in [1.82, 2.24) is 15.5 Å². The van der Waals surface area contributed by atoms with Gasteiger partial charge in [-0.3, -0.25) is 38.5 Å². The minimum absolute atomic E-state index is 0.110. The summed E-state index contributed by atoms with van der Waals surface area (Å²) in [6, 6.07) is 11.8. The Kier molecular flexibility index (Phi) is 17.1. The standard InChI is InChI=1S/C38H52N6O9/c1-5-25(4)38(51)53-21-27-10-15-29(16-11-27)41-36(49)30(7-6-19-39)42-37(50)35(24(2)3)43-32(46)23-52-22-31(45)40-28-13-8-26(9-14-28)12-17-33(47)44-20-18-34(44)48/h8-11,13-16,24-25,30,35H,5-7,12,17-23,39H2,1-4H3,(H,40,45)(H,41,49)(H,42,50)(H,43,46). The molecule has 0 aromatic heterocycles. The number of carbonyl (C=O) groups is 7. The molecule has 0 radical (unpaired) electrons. The van der Waals surface area contributed by atoms with Gasteiger partial charge in [-0.15, -0.1) is 0 Å². The van der Waals surface area contributed by atoms with Crippen LogP contribution in [-0.4, -0.2) is 84.7 Å². The molecule has 1 aliphatic heterocycles. The molecule has 3 unspecified atom stereocenters. The molecule has 3 atom stereocenters. The van der Waals surface area contributed by atoms with E-state index in [1.54, 1.807) is 69.3 Å². The molecule has 2 aromatic rings. The second-order valence-corrected chi connectivity index (χ2v) is 13.3. The number of benzene rings is 2. The van der Waals surface area contributed by atoms with Crippen molar-refractivity contribution < 1.29 is 43.0 Å². The van der Waals surface area contributed by atoms with Gasteiger partial charge in [0.1, 0.15) is 31.9 Å². The molecule has 1 saturated heterocycles.